The molecule has 19 heavy (non-hydrogen) atoms. The third-order valence-corrected chi connectivity index (χ3v) is 5.63. The van der Waals surface area contributed by atoms with E-state index in [9.17, 15) is 0 Å². The fraction of sp³-hybridized carbons (Fsp3) is 0.400. The second-order valence-corrected chi connectivity index (χ2v) is 6.83. The van der Waals surface area contributed by atoms with Gasteiger partial charge in [-0.1, -0.05) is 17.7 Å². The summed E-state index contributed by atoms with van der Waals surface area (Å²) < 4.78 is 0. The lowest BCUT2D eigenvalue weighted by atomic mass is 10.2. The van der Waals surface area contributed by atoms with Crippen LogP contribution in [-0.4, -0.2) is 12.0 Å². The number of nitrogens with one attached hydrogen (secondary N) is 1. The lowest BCUT2D eigenvalue weighted by molar-refractivity contribution is 0.658. The zero-order valence-electron chi connectivity index (χ0n) is 11.9. The molecule has 1 heterocycles. The van der Waals surface area contributed by atoms with Crippen LogP contribution in [0.1, 0.15) is 34.1 Å². The Labute approximate surface area is 123 Å². The summed E-state index contributed by atoms with van der Waals surface area (Å²) in [5.41, 5.74) is 2.46. The topological polar surface area (TPSA) is 24.9 Å². The summed E-state index contributed by atoms with van der Waals surface area (Å²) in [6.07, 6.45) is 0. The Morgan fingerprint density at radius 1 is 1.26 bits per heavy atom. The smallest absolute Gasteiger partial charge is 0.103 e. The number of thiazole rings is 1. The molecule has 0 aliphatic heterocycles. The Balaban J connectivity index is 2.02. The molecule has 0 spiro atoms. The normalized spacial score (nSPS) is 12.6. The van der Waals surface area contributed by atoms with Crippen LogP contribution in [0.25, 0.3) is 0 Å². The second kappa shape index (κ2) is 6.55. The van der Waals surface area contributed by atoms with E-state index in [1.54, 1.807) is 0 Å². The van der Waals surface area contributed by atoms with Gasteiger partial charge in [0.2, 0.25) is 0 Å². The first-order chi connectivity index (χ1) is 9.10. The van der Waals surface area contributed by atoms with E-state index in [2.05, 4.69) is 55.3 Å². The second-order valence-electron chi connectivity index (χ2n) is 4.67. The fourth-order valence-electron chi connectivity index (χ4n) is 1.84. The molecule has 1 aromatic heterocycles. The van der Waals surface area contributed by atoms with Gasteiger partial charge in [-0.2, -0.15) is 0 Å². The quantitative estimate of drug-likeness (QED) is 0.830. The van der Waals surface area contributed by atoms with E-state index >= 15 is 0 Å². The van der Waals surface area contributed by atoms with E-state index in [4.69, 9.17) is 0 Å². The Hall–Kier alpha value is -0.840. The maximum absolute atomic E-state index is 4.67. The van der Waals surface area contributed by atoms with Crippen molar-refractivity contribution < 1.29 is 0 Å². The molecule has 1 unspecified atom stereocenters. The summed E-state index contributed by atoms with van der Waals surface area (Å²) >= 11 is 3.67. The van der Waals surface area contributed by atoms with Crippen LogP contribution < -0.4 is 5.32 Å². The zero-order chi connectivity index (χ0) is 13.8. The number of benzene rings is 1. The SMILES string of the molecule is CNC(C)c1sc(CSc2ccc(C)cc2)nc1C. The van der Waals surface area contributed by atoms with Gasteiger partial charge in [0.05, 0.1) is 11.4 Å². The van der Waals surface area contributed by atoms with Gasteiger partial charge < -0.3 is 5.32 Å². The van der Waals surface area contributed by atoms with E-state index in [0.29, 0.717) is 6.04 Å². The van der Waals surface area contributed by atoms with Crippen molar-refractivity contribution in [2.24, 2.45) is 0 Å². The van der Waals surface area contributed by atoms with Gasteiger partial charge in [0, 0.05) is 15.8 Å². The minimum Gasteiger partial charge on any atom is -0.312 e. The van der Waals surface area contributed by atoms with Crippen LogP contribution in [0, 0.1) is 13.8 Å². The van der Waals surface area contributed by atoms with Gasteiger partial charge in [-0.25, -0.2) is 4.98 Å². The summed E-state index contributed by atoms with van der Waals surface area (Å²) in [5, 5.41) is 4.49. The molecule has 1 N–H and O–H groups in total. The maximum atomic E-state index is 4.67. The predicted octanol–water partition coefficient (Wildman–Crippen LogP) is 4.33. The zero-order valence-corrected chi connectivity index (χ0v) is 13.5. The molecular formula is C15H20N2S2. The van der Waals surface area contributed by atoms with Gasteiger partial charge in [0.15, 0.2) is 0 Å². The molecule has 0 saturated carbocycles. The largest absolute Gasteiger partial charge is 0.312 e. The van der Waals surface area contributed by atoms with Crippen LogP contribution >= 0.6 is 23.1 Å². The molecule has 0 radical (unpaired) electrons. The molecule has 1 aromatic carbocycles. The summed E-state index contributed by atoms with van der Waals surface area (Å²) in [7, 11) is 1.99. The molecule has 2 aromatic rings. The van der Waals surface area contributed by atoms with Crippen molar-refractivity contribution in [2.45, 2.75) is 37.5 Å². The molecule has 0 aliphatic carbocycles. The number of aryl methyl sites for hydroxylation is 2. The molecule has 1 atom stereocenters. The van der Waals surface area contributed by atoms with Gasteiger partial charge in [-0.05, 0) is 40.0 Å². The highest BCUT2D eigenvalue weighted by Gasteiger charge is 2.12. The highest BCUT2D eigenvalue weighted by atomic mass is 32.2. The first-order valence-electron chi connectivity index (χ1n) is 6.43. The van der Waals surface area contributed by atoms with Crippen LogP contribution in [0.15, 0.2) is 29.2 Å². The molecule has 0 fully saturated rings. The Kier molecular flexibility index (Phi) is 5.02. The van der Waals surface area contributed by atoms with Crippen molar-refractivity contribution in [2.75, 3.05) is 7.05 Å². The van der Waals surface area contributed by atoms with Gasteiger partial charge in [0.25, 0.3) is 0 Å². The molecule has 0 saturated heterocycles. The van der Waals surface area contributed by atoms with Gasteiger partial charge in [-0.15, -0.1) is 23.1 Å². The third-order valence-electron chi connectivity index (χ3n) is 3.09. The summed E-state index contributed by atoms with van der Waals surface area (Å²) in [6, 6.07) is 9.05. The highest BCUT2D eigenvalue weighted by Crippen LogP contribution is 2.29. The van der Waals surface area contributed by atoms with E-state index in [1.165, 1.54) is 20.3 Å². The number of hydrogen-bond acceptors (Lipinski definition) is 4. The van der Waals surface area contributed by atoms with Crippen molar-refractivity contribution in [3.05, 3.63) is 45.4 Å². The maximum Gasteiger partial charge on any atom is 0.103 e. The van der Waals surface area contributed by atoms with Crippen LogP contribution in [0.3, 0.4) is 0 Å². The fourth-order valence-corrected chi connectivity index (χ4v) is 3.86. The number of hydrogen-bond donors (Lipinski definition) is 1. The summed E-state index contributed by atoms with van der Waals surface area (Å²) in [5.74, 6) is 0.949. The number of thioether (sulfide) groups is 1. The summed E-state index contributed by atoms with van der Waals surface area (Å²) in [6.45, 7) is 6.39. The first kappa shape index (κ1) is 14.6. The average Bonchev–Trinajstić information content (AvgIpc) is 2.78. The Morgan fingerprint density at radius 3 is 2.58 bits per heavy atom. The van der Waals surface area contributed by atoms with E-state index < -0.39 is 0 Å². The predicted molar refractivity (Wildman–Crippen MR) is 85.1 cm³/mol. The van der Waals surface area contributed by atoms with Crippen molar-refractivity contribution >= 4 is 23.1 Å². The number of rotatable bonds is 5. The van der Waals surface area contributed by atoms with E-state index in [-0.39, 0.29) is 0 Å². The lowest BCUT2D eigenvalue weighted by Gasteiger charge is -2.06. The van der Waals surface area contributed by atoms with Gasteiger partial charge >= 0.3 is 0 Å². The number of aromatic nitrogens is 1. The van der Waals surface area contributed by atoms with Gasteiger partial charge in [-0.3, -0.25) is 0 Å². The molecule has 102 valence electrons. The van der Waals surface area contributed by atoms with Gasteiger partial charge in [0.1, 0.15) is 5.01 Å². The molecule has 0 amide bonds. The molecule has 4 heteroatoms. The van der Waals surface area contributed by atoms with Crippen molar-refractivity contribution in [1.82, 2.24) is 10.3 Å². The third kappa shape index (κ3) is 3.81. The van der Waals surface area contributed by atoms with Crippen LogP contribution in [0.5, 0.6) is 0 Å². The lowest BCUT2D eigenvalue weighted by Crippen LogP contribution is -2.11. The standard InChI is InChI=1S/C15H20N2S2/c1-10-5-7-13(8-6-10)18-9-14-17-12(3)15(19-14)11(2)16-4/h5-8,11,16H,9H2,1-4H3. The van der Waals surface area contributed by atoms with Crippen molar-refractivity contribution in [3.63, 3.8) is 0 Å². The Morgan fingerprint density at radius 2 is 1.95 bits per heavy atom. The molecular weight excluding hydrogens is 272 g/mol. The van der Waals surface area contributed by atoms with Crippen LogP contribution in [0.2, 0.25) is 0 Å². The van der Waals surface area contributed by atoms with Crippen LogP contribution in [0.4, 0.5) is 0 Å². The highest BCUT2D eigenvalue weighted by molar-refractivity contribution is 7.98. The minimum absolute atomic E-state index is 0.385. The molecule has 0 bridgehead atoms. The molecule has 2 nitrogen and oxygen atoms in total. The first-order valence-corrected chi connectivity index (χ1v) is 8.23. The Bertz CT molecular complexity index is 532. The minimum atomic E-state index is 0.385. The monoisotopic (exact) mass is 292 g/mol. The van der Waals surface area contributed by atoms with Crippen molar-refractivity contribution in [1.29, 1.82) is 0 Å². The average molecular weight is 292 g/mol. The van der Waals surface area contributed by atoms with E-state index in [1.807, 2.05) is 30.1 Å². The van der Waals surface area contributed by atoms with E-state index in [0.717, 1.165) is 11.4 Å². The summed E-state index contributed by atoms with van der Waals surface area (Å²) in [4.78, 5) is 7.33. The van der Waals surface area contributed by atoms with Crippen molar-refractivity contribution in [3.8, 4) is 0 Å². The molecule has 2 rings (SSSR count). The van der Waals surface area contributed by atoms with Crippen LogP contribution in [-0.2, 0) is 5.75 Å². The number of nitrogens with zero attached hydrogens (tertiary/aromatic N) is 1. The molecule has 0 aliphatic rings.